The second-order valence-electron chi connectivity index (χ2n) is 3.54. The number of halogens is 2. The number of hydrogen-bond acceptors (Lipinski definition) is 3. The lowest BCUT2D eigenvalue weighted by Crippen LogP contribution is -2.11. The molecule has 82 valence electrons. The van der Waals surface area contributed by atoms with Gasteiger partial charge in [-0.15, -0.1) is 23.1 Å². The number of nitrogens with zero attached hydrogens (tertiary/aromatic N) is 1. The van der Waals surface area contributed by atoms with E-state index < -0.39 is 0 Å². The smallest absolute Gasteiger partial charge is 0.0967 e. The fourth-order valence-corrected chi connectivity index (χ4v) is 4.09. The molecule has 15 heavy (non-hydrogen) atoms. The van der Waals surface area contributed by atoms with Crippen LogP contribution in [0, 0.1) is 11.3 Å². The molecule has 0 fully saturated rings. The molecule has 1 heterocycles. The Labute approximate surface area is 112 Å². The predicted octanol–water partition coefficient (Wildman–Crippen LogP) is 4.74. The number of nitriles is 1. The minimum absolute atomic E-state index is 0.305. The van der Waals surface area contributed by atoms with Gasteiger partial charge in [0.2, 0.25) is 0 Å². The van der Waals surface area contributed by atoms with E-state index in [9.17, 15) is 0 Å². The molecule has 0 radical (unpaired) electrons. The summed E-state index contributed by atoms with van der Waals surface area (Å²) in [6.45, 7) is 3.87. The topological polar surface area (TPSA) is 23.8 Å². The SMILES string of the molecule is CC(C)(C#N)SCCc1sc(Br)cc1Cl. The Hall–Kier alpha value is 0.310. The lowest BCUT2D eigenvalue weighted by molar-refractivity contribution is 0.910. The van der Waals surface area contributed by atoms with Crippen molar-refractivity contribution in [1.82, 2.24) is 0 Å². The molecule has 0 bridgehead atoms. The molecule has 1 aromatic heterocycles. The van der Waals surface area contributed by atoms with E-state index in [1.165, 1.54) is 4.88 Å². The Morgan fingerprint density at radius 3 is 2.80 bits per heavy atom. The zero-order valence-corrected chi connectivity index (χ0v) is 12.5. The Bertz CT molecular complexity index is 381. The van der Waals surface area contributed by atoms with Gasteiger partial charge in [0.05, 0.1) is 19.6 Å². The van der Waals surface area contributed by atoms with Crippen molar-refractivity contribution in [1.29, 1.82) is 5.26 Å². The molecule has 0 saturated carbocycles. The van der Waals surface area contributed by atoms with Crippen LogP contribution in [0.3, 0.4) is 0 Å². The van der Waals surface area contributed by atoms with E-state index in [1.54, 1.807) is 23.1 Å². The monoisotopic (exact) mass is 323 g/mol. The molecule has 0 aliphatic rings. The first-order chi connectivity index (χ1) is 6.94. The van der Waals surface area contributed by atoms with E-state index in [2.05, 4.69) is 22.0 Å². The molecule has 5 heteroatoms. The molecule has 0 aromatic carbocycles. The molecule has 0 N–H and O–H groups in total. The van der Waals surface area contributed by atoms with E-state index in [0.29, 0.717) is 0 Å². The van der Waals surface area contributed by atoms with Crippen molar-refractivity contribution in [3.8, 4) is 6.07 Å². The molecule has 0 aliphatic heterocycles. The highest BCUT2D eigenvalue weighted by molar-refractivity contribution is 9.11. The third-order valence-electron chi connectivity index (χ3n) is 1.79. The van der Waals surface area contributed by atoms with Crippen LogP contribution in [0.25, 0.3) is 0 Å². The average Bonchev–Trinajstić information content (AvgIpc) is 2.45. The highest BCUT2D eigenvalue weighted by atomic mass is 79.9. The van der Waals surface area contributed by atoms with Crippen molar-refractivity contribution in [2.75, 3.05) is 5.75 Å². The van der Waals surface area contributed by atoms with Crippen molar-refractivity contribution in [2.45, 2.75) is 25.0 Å². The molecule has 1 rings (SSSR count). The maximum atomic E-state index is 8.85. The first-order valence-corrected chi connectivity index (χ1v) is 7.41. The first-order valence-electron chi connectivity index (χ1n) is 4.43. The van der Waals surface area contributed by atoms with Crippen LogP contribution in [0.1, 0.15) is 18.7 Å². The third kappa shape index (κ3) is 4.36. The molecule has 0 amide bonds. The Kier molecular flexibility index (Phi) is 4.98. The summed E-state index contributed by atoms with van der Waals surface area (Å²) in [6, 6.07) is 4.19. The summed E-state index contributed by atoms with van der Waals surface area (Å²) in [7, 11) is 0. The van der Waals surface area contributed by atoms with Gasteiger partial charge in [0.1, 0.15) is 0 Å². The minimum atomic E-state index is -0.305. The standard InChI is InChI=1S/C10H11BrClNS2/c1-10(2,6-13)14-4-3-8-7(12)5-9(11)15-8/h5H,3-4H2,1-2H3. The summed E-state index contributed by atoms with van der Waals surface area (Å²) in [5.41, 5.74) is 0. The van der Waals surface area contributed by atoms with Crippen LogP contribution in [0.2, 0.25) is 5.02 Å². The molecule has 1 nitrogen and oxygen atoms in total. The highest BCUT2D eigenvalue weighted by Crippen LogP contribution is 2.33. The van der Waals surface area contributed by atoms with Gasteiger partial charge in [-0.25, -0.2) is 0 Å². The van der Waals surface area contributed by atoms with Gasteiger partial charge >= 0.3 is 0 Å². The van der Waals surface area contributed by atoms with Crippen LogP contribution in [0.15, 0.2) is 9.85 Å². The molecule has 0 aliphatic carbocycles. The van der Waals surface area contributed by atoms with E-state index in [4.69, 9.17) is 16.9 Å². The second kappa shape index (κ2) is 5.58. The summed E-state index contributed by atoms with van der Waals surface area (Å²) >= 11 is 12.8. The van der Waals surface area contributed by atoms with Crippen LogP contribution in [0.4, 0.5) is 0 Å². The van der Waals surface area contributed by atoms with Crippen molar-refractivity contribution in [3.05, 3.63) is 19.8 Å². The predicted molar refractivity (Wildman–Crippen MR) is 72.9 cm³/mol. The van der Waals surface area contributed by atoms with Crippen molar-refractivity contribution in [2.24, 2.45) is 0 Å². The maximum Gasteiger partial charge on any atom is 0.0967 e. The molecule has 0 unspecified atom stereocenters. The summed E-state index contributed by atoms with van der Waals surface area (Å²) in [4.78, 5) is 1.18. The van der Waals surface area contributed by atoms with Crippen molar-refractivity contribution < 1.29 is 0 Å². The van der Waals surface area contributed by atoms with Gasteiger partial charge in [-0.2, -0.15) is 5.26 Å². The van der Waals surface area contributed by atoms with E-state index in [0.717, 1.165) is 21.0 Å². The van der Waals surface area contributed by atoms with Crippen LogP contribution in [0.5, 0.6) is 0 Å². The Morgan fingerprint density at radius 2 is 2.33 bits per heavy atom. The minimum Gasteiger partial charge on any atom is -0.197 e. The fraction of sp³-hybridized carbons (Fsp3) is 0.500. The largest absolute Gasteiger partial charge is 0.197 e. The number of thiophene rings is 1. The van der Waals surface area contributed by atoms with Gasteiger partial charge in [-0.1, -0.05) is 11.6 Å². The number of hydrogen-bond donors (Lipinski definition) is 0. The Morgan fingerprint density at radius 1 is 1.67 bits per heavy atom. The molecule has 0 spiro atoms. The normalized spacial score (nSPS) is 11.4. The fourth-order valence-electron chi connectivity index (χ4n) is 0.978. The van der Waals surface area contributed by atoms with Crippen molar-refractivity contribution in [3.63, 3.8) is 0 Å². The number of rotatable bonds is 4. The van der Waals surface area contributed by atoms with Gasteiger partial charge in [-0.3, -0.25) is 0 Å². The molecule has 0 atom stereocenters. The van der Waals surface area contributed by atoms with Crippen LogP contribution in [-0.4, -0.2) is 10.5 Å². The number of thioether (sulfide) groups is 1. The quantitative estimate of drug-likeness (QED) is 0.798. The zero-order chi connectivity index (χ0) is 11.5. The Balaban J connectivity index is 2.46. The third-order valence-corrected chi connectivity index (χ3v) is 5.16. The maximum absolute atomic E-state index is 8.85. The molecule has 0 saturated heterocycles. The molecular formula is C10H11BrClNS2. The zero-order valence-electron chi connectivity index (χ0n) is 8.51. The van der Waals surface area contributed by atoms with Gasteiger partial charge in [0.15, 0.2) is 0 Å². The van der Waals surface area contributed by atoms with Gasteiger partial charge < -0.3 is 0 Å². The van der Waals surface area contributed by atoms with Crippen LogP contribution >= 0.6 is 50.6 Å². The van der Waals surface area contributed by atoms with E-state index in [1.807, 2.05) is 19.9 Å². The van der Waals surface area contributed by atoms with Gasteiger partial charge in [0.25, 0.3) is 0 Å². The van der Waals surface area contributed by atoms with E-state index >= 15 is 0 Å². The summed E-state index contributed by atoms with van der Waals surface area (Å²) in [5.74, 6) is 0.924. The summed E-state index contributed by atoms with van der Waals surface area (Å²) in [5, 5.41) is 9.67. The lowest BCUT2D eigenvalue weighted by Gasteiger charge is -2.13. The van der Waals surface area contributed by atoms with Gasteiger partial charge in [-0.05, 0) is 48.0 Å². The van der Waals surface area contributed by atoms with Gasteiger partial charge in [0, 0.05) is 4.88 Å². The average molecular weight is 325 g/mol. The summed E-state index contributed by atoms with van der Waals surface area (Å²) < 4.78 is 0.757. The van der Waals surface area contributed by atoms with E-state index in [-0.39, 0.29) is 4.75 Å². The first kappa shape index (κ1) is 13.4. The lowest BCUT2D eigenvalue weighted by atomic mass is 10.2. The second-order valence-corrected chi connectivity index (χ2v) is 8.18. The molecular weight excluding hydrogens is 314 g/mol. The van der Waals surface area contributed by atoms with Crippen molar-refractivity contribution >= 4 is 50.6 Å². The summed E-state index contributed by atoms with van der Waals surface area (Å²) in [6.07, 6.45) is 0.922. The highest BCUT2D eigenvalue weighted by Gasteiger charge is 2.17. The molecule has 1 aromatic rings. The van der Waals surface area contributed by atoms with Crippen LogP contribution in [-0.2, 0) is 6.42 Å². The van der Waals surface area contributed by atoms with Crippen LogP contribution < -0.4 is 0 Å². The number of aryl methyl sites for hydroxylation is 1.